The number of hydrogen-bond acceptors (Lipinski definition) is 2. The first-order valence-electron chi connectivity index (χ1n) is 11.3. The highest BCUT2D eigenvalue weighted by Gasteiger charge is 2.43. The van der Waals surface area contributed by atoms with Gasteiger partial charge in [0.25, 0.3) is 0 Å². The number of carbonyl (C=O) groups excluding carboxylic acids is 1. The number of anilines is 1. The van der Waals surface area contributed by atoms with Crippen LogP contribution in [0.25, 0.3) is 0 Å². The summed E-state index contributed by atoms with van der Waals surface area (Å²) in [6, 6.07) is 21.5. The molecular formula is C28H30F2N2O. The Bertz CT molecular complexity index is 1120. The third-order valence-corrected chi connectivity index (χ3v) is 6.48. The van der Waals surface area contributed by atoms with Crippen molar-refractivity contribution in [3.63, 3.8) is 0 Å². The molecule has 0 aromatic heterocycles. The summed E-state index contributed by atoms with van der Waals surface area (Å²) in [6.07, 6.45) is 0.700. The number of para-hydroxylation sites is 1. The zero-order valence-electron chi connectivity index (χ0n) is 19.3. The molecule has 1 aliphatic heterocycles. The van der Waals surface area contributed by atoms with Crippen LogP contribution in [0.5, 0.6) is 0 Å². The number of benzene rings is 3. The van der Waals surface area contributed by atoms with Gasteiger partial charge < -0.3 is 5.32 Å². The van der Waals surface area contributed by atoms with Crippen molar-refractivity contribution in [2.75, 3.05) is 18.4 Å². The number of amides is 1. The number of nitrogens with zero attached hydrogens (tertiary/aromatic N) is 1. The Morgan fingerprint density at radius 3 is 2.36 bits per heavy atom. The van der Waals surface area contributed by atoms with Crippen LogP contribution in [0.15, 0.2) is 72.8 Å². The third-order valence-electron chi connectivity index (χ3n) is 6.48. The second kappa shape index (κ2) is 9.44. The Hall–Kier alpha value is -3.05. The number of hydrogen-bond donors (Lipinski definition) is 1. The third kappa shape index (κ3) is 5.31. The van der Waals surface area contributed by atoms with E-state index in [2.05, 4.69) is 43.1 Å². The van der Waals surface area contributed by atoms with Gasteiger partial charge in [-0.15, -0.1) is 0 Å². The fourth-order valence-corrected chi connectivity index (χ4v) is 4.57. The first-order valence-corrected chi connectivity index (χ1v) is 11.3. The van der Waals surface area contributed by atoms with Crippen LogP contribution >= 0.6 is 0 Å². The molecule has 1 heterocycles. The Kier molecular flexibility index (Phi) is 6.61. The summed E-state index contributed by atoms with van der Waals surface area (Å²) in [6.45, 7) is 7.30. The van der Waals surface area contributed by atoms with E-state index in [1.54, 1.807) is 0 Å². The molecule has 3 aromatic rings. The number of halogens is 2. The molecule has 0 spiro atoms. The summed E-state index contributed by atoms with van der Waals surface area (Å²) in [5.41, 5.74) is 3.16. The van der Waals surface area contributed by atoms with E-state index in [-0.39, 0.29) is 17.4 Å². The van der Waals surface area contributed by atoms with Crippen molar-refractivity contribution in [2.24, 2.45) is 5.92 Å². The minimum atomic E-state index is -0.613. The maximum absolute atomic E-state index is 14.7. The zero-order valence-corrected chi connectivity index (χ0v) is 19.3. The molecular weight excluding hydrogens is 418 g/mol. The van der Waals surface area contributed by atoms with Crippen LogP contribution < -0.4 is 5.32 Å². The van der Waals surface area contributed by atoms with Crippen molar-refractivity contribution in [3.05, 3.63) is 101 Å². The summed E-state index contributed by atoms with van der Waals surface area (Å²) in [4.78, 5) is 15.7. The number of carbonyl (C=O) groups is 1. The molecule has 1 saturated heterocycles. The molecule has 33 heavy (non-hydrogen) atoms. The molecule has 3 aromatic carbocycles. The van der Waals surface area contributed by atoms with E-state index in [4.69, 9.17) is 0 Å². The standard InChI is InChI=1S/C28H30F2N2O/c1-28(2,3)32-17-23(22-14-13-21(29)16-25(22)30)24(18-32)27(33)31-26-12-8-7-11-20(26)15-19-9-5-4-6-10-19/h4-14,16,23-24H,15,17-18H2,1-3H3,(H,31,33)/t23-,24+/m0/s1. The van der Waals surface area contributed by atoms with Gasteiger partial charge in [-0.25, -0.2) is 8.78 Å². The van der Waals surface area contributed by atoms with Gasteiger partial charge in [0.1, 0.15) is 11.6 Å². The maximum Gasteiger partial charge on any atom is 0.229 e. The van der Waals surface area contributed by atoms with E-state index < -0.39 is 17.6 Å². The van der Waals surface area contributed by atoms with Gasteiger partial charge in [-0.1, -0.05) is 54.6 Å². The molecule has 172 valence electrons. The van der Waals surface area contributed by atoms with Gasteiger partial charge in [-0.3, -0.25) is 9.69 Å². The number of likely N-dealkylation sites (tertiary alicyclic amines) is 1. The van der Waals surface area contributed by atoms with Crippen molar-refractivity contribution < 1.29 is 13.6 Å². The Balaban J connectivity index is 1.61. The average molecular weight is 449 g/mol. The fourth-order valence-electron chi connectivity index (χ4n) is 4.57. The minimum Gasteiger partial charge on any atom is -0.326 e. The molecule has 0 radical (unpaired) electrons. The Morgan fingerprint density at radius 1 is 0.970 bits per heavy atom. The number of nitrogens with one attached hydrogen (secondary N) is 1. The van der Waals surface area contributed by atoms with E-state index in [9.17, 15) is 13.6 Å². The zero-order chi connectivity index (χ0) is 23.6. The summed E-state index contributed by atoms with van der Waals surface area (Å²) < 4.78 is 28.2. The normalized spacial score (nSPS) is 18.9. The summed E-state index contributed by atoms with van der Waals surface area (Å²) in [5, 5.41) is 3.11. The van der Waals surface area contributed by atoms with Crippen molar-refractivity contribution in [3.8, 4) is 0 Å². The summed E-state index contributed by atoms with van der Waals surface area (Å²) in [5.74, 6) is -2.16. The molecule has 1 aliphatic rings. The lowest BCUT2D eigenvalue weighted by atomic mass is 9.87. The van der Waals surface area contributed by atoms with Gasteiger partial charge in [0, 0.05) is 36.3 Å². The van der Waals surface area contributed by atoms with Crippen LogP contribution in [0.3, 0.4) is 0 Å². The highest BCUT2D eigenvalue weighted by molar-refractivity contribution is 5.94. The van der Waals surface area contributed by atoms with Crippen molar-refractivity contribution >= 4 is 11.6 Å². The van der Waals surface area contributed by atoms with Gasteiger partial charge in [0.15, 0.2) is 0 Å². The largest absolute Gasteiger partial charge is 0.326 e. The predicted molar refractivity (Wildman–Crippen MR) is 128 cm³/mol. The smallest absolute Gasteiger partial charge is 0.229 e. The van der Waals surface area contributed by atoms with Gasteiger partial charge >= 0.3 is 0 Å². The van der Waals surface area contributed by atoms with Crippen LogP contribution in [0, 0.1) is 17.6 Å². The van der Waals surface area contributed by atoms with Crippen molar-refractivity contribution in [1.82, 2.24) is 4.90 Å². The van der Waals surface area contributed by atoms with E-state index in [1.807, 2.05) is 42.5 Å². The van der Waals surface area contributed by atoms with Crippen molar-refractivity contribution in [2.45, 2.75) is 38.6 Å². The maximum atomic E-state index is 14.7. The molecule has 1 amide bonds. The molecule has 3 nitrogen and oxygen atoms in total. The lowest BCUT2D eigenvalue weighted by molar-refractivity contribution is -0.120. The molecule has 1 N–H and O–H groups in total. The van der Waals surface area contributed by atoms with Gasteiger partial charge in [-0.2, -0.15) is 0 Å². The highest BCUT2D eigenvalue weighted by Crippen LogP contribution is 2.38. The van der Waals surface area contributed by atoms with Gasteiger partial charge in [0.05, 0.1) is 5.92 Å². The van der Waals surface area contributed by atoms with Crippen LogP contribution in [-0.4, -0.2) is 29.4 Å². The molecule has 0 bridgehead atoms. The van der Waals surface area contributed by atoms with E-state index in [0.29, 0.717) is 25.1 Å². The van der Waals surface area contributed by atoms with Crippen LogP contribution in [0.4, 0.5) is 14.5 Å². The lowest BCUT2D eigenvalue weighted by Crippen LogP contribution is -2.40. The Labute approximate surface area is 194 Å². The van der Waals surface area contributed by atoms with E-state index in [1.165, 1.54) is 12.1 Å². The van der Waals surface area contributed by atoms with Crippen LogP contribution in [0.2, 0.25) is 0 Å². The molecule has 0 unspecified atom stereocenters. The fraction of sp³-hybridized carbons (Fsp3) is 0.321. The van der Waals surface area contributed by atoms with E-state index in [0.717, 1.165) is 22.9 Å². The topological polar surface area (TPSA) is 32.3 Å². The first-order chi connectivity index (χ1) is 15.7. The molecule has 1 fully saturated rings. The molecule has 0 aliphatic carbocycles. The summed E-state index contributed by atoms with van der Waals surface area (Å²) >= 11 is 0. The highest BCUT2D eigenvalue weighted by atomic mass is 19.1. The Morgan fingerprint density at radius 2 is 1.67 bits per heavy atom. The SMILES string of the molecule is CC(C)(C)N1C[C@@H](C(=O)Nc2ccccc2Cc2ccccc2)[C@H](c2ccc(F)cc2F)C1. The quantitative estimate of drug-likeness (QED) is 0.519. The van der Waals surface area contributed by atoms with E-state index >= 15 is 0 Å². The second-order valence-corrected chi connectivity index (χ2v) is 9.76. The minimum absolute atomic E-state index is 0.143. The van der Waals surface area contributed by atoms with Crippen LogP contribution in [-0.2, 0) is 11.2 Å². The molecule has 2 atom stereocenters. The van der Waals surface area contributed by atoms with Gasteiger partial charge in [-0.05, 0) is 56.0 Å². The molecule has 4 rings (SSSR count). The molecule has 0 saturated carbocycles. The molecule has 5 heteroatoms. The number of rotatable bonds is 5. The van der Waals surface area contributed by atoms with Gasteiger partial charge in [0.2, 0.25) is 5.91 Å². The predicted octanol–water partition coefficient (Wildman–Crippen LogP) is 6.01. The monoisotopic (exact) mass is 448 g/mol. The second-order valence-electron chi connectivity index (χ2n) is 9.76. The first kappa shape index (κ1) is 23.1. The van der Waals surface area contributed by atoms with Crippen LogP contribution in [0.1, 0.15) is 43.4 Å². The average Bonchev–Trinajstić information content (AvgIpc) is 3.22. The lowest BCUT2D eigenvalue weighted by Gasteiger charge is -2.31. The summed E-state index contributed by atoms with van der Waals surface area (Å²) in [7, 11) is 0. The van der Waals surface area contributed by atoms with Crippen molar-refractivity contribution in [1.29, 1.82) is 0 Å².